The van der Waals surface area contributed by atoms with Gasteiger partial charge in [0.25, 0.3) is 5.91 Å². The van der Waals surface area contributed by atoms with Gasteiger partial charge in [0.2, 0.25) is 5.91 Å². The topological polar surface area (TPSA) is 78.5 Å². The molecule has 0 bridgehead atoms. The minimum absolute atomic E-state index is 0.199. The van der Waals surface area contributed by atoms with Gasteiger partial charge in [0, 0.05) is 5.56 Å². The Balaban J connectivity index is 1.50. The highest BCUT2D eigenvalue weighted by Gasteiger charge is 2.51. The molecule has 1 saturated heterocycles. The molecule has 2 unspecified atom stereocenters. The van der Waals surface area contributed by atoms with Gasteiger partial charge in [0.05, 0.1) is 6.04 Å². The van der Waals surface area contributed by atoms with Crippen molar-refractivity contribution in [2.24, 2.45) is 0 Å². The lowest BCUT2D eigenvalue weighted by molar-refractivity contribution is -0.135. The number of nitrogens with zero attached hydrogens (tertiary/aromatic N) is 1. The van der Waals surface area contributed by atoms with Crippen molar-refractivity contribution in [3.8, 4) is 0 Å². The first-order chi connectivity index (χ1) is 14.3. The van der Waals surface area contributed by atoms with Crippen LogP contribution in [0.4, 0.5) is 13.6 Å². The number of rotatable bonds is 4. The van der Waals surface area contributed by atoms with Crippen LogP contribution in [0, 0.1) is 11.6 Å². The van der Waals surface area contributed by atoms with Gasteiger partial charge in [0.1, 0.15) is 23.7 Å². The fourth-order valence-electron chi connectivity index (χ4n) is 4.19. The van der Waals surface area contributed by atoms with Crippen molar-refractivity contribution in [3.63, 3.8) is 0 Å². The fourth-order valence-corrected chi connectivity index (χ4v) is 4.19. The van der Waals surface area contributed by atoms with Crippen molar-refractivity contribution >= 4 is 17.8 Å². The number of urea groups is 1. The number of nitrogens with one attached hydrogen (secondary N) is 2. The second-order valence-electron chi connectivity index (χ2n) is 7.78. The van der Waals surface area contributed by atoms with Crippen LogP contribution in [-0.4, -0.2) is 29.3 Å². The highest BCUT2D eigenvalue weighted by molar-refractivity contribution is 6.09. The van der Waals surface area contributed by atoms with Crippen LogP contribution in [0.2, 0.25) is 0 Å². The molecule has 30 heavy (non-hydrogen) atoms. The van der Waals surface area contributed by atoms with Gasteiger partial charge in [-0.3, -0.25) is 14.5 Å². The van der Waals surface area contributed by atoms with E-state index in [0.717, 1.165) is 53.5 Å². The first-order valence-corrected chi connectivity index (χ1v) is 9.76. The maximum absolute atomic E-state index is 14.2. The zero-order valence-electron chi connectivity index (χ0n) is 16.4. The summed E-state index contributed by atoms with van der Waals surface area (Å²) in [5.74, 6) is -2.86. The molecule has 1 aliphatic heterocycles. The van der Waals surface area contributed by atoms with E-state index in [9.17, 15) is 23.2 Å². The van der Waals surface area contributed by atoms with Crippen LogP contribution in [0.5, 0.6) is 0 Å². The number of imide groups is 1. The number of amides is 4. The minimum Gasteiger partial charge on any atom is -0.348 e. The quantitative estimate of drug-likeness (QED) is 0.757. The van der Waals surface area contributed by atoms with Crippen molar-refractivity contribution in [1.29, 1.82) is 0 Å². The summed E-state index contributed by atoms with van der Waals surface area (Å²) in [6.45, 7) is 0.788. The highest BCUT2D eigenvalue weighted by atomic mass is 19.1. The summed E-state index contributed by atoms with van der Waals surface area (Å²) >= 11 is 0. The third-order valence-corrected chi connectivity index (χ3v) is 5.75. The van der Waals surface area contributed by atoms with E-state index >= 15 is 0 Å². The Bertz CT molecular complexity index is 1040. The molecule has 4 amide bonds. The van der Waals surface area contributed by atoms with Crippen LogP contribution >= 0.6 is 0 Å². The lowest BCUT2D eigenvalue weighted by Crippen LogP contribution is -2.44. The third kappa shape index (κ3) is 3.42. The van der Waals surface area contributed by atoms with Gasteiger partial charge in [0.15, 0.2) is 0 Å². The summed E-state index contributed by atoms with van der Waals surface area (Å²) in [5, 5.41) is 5.27. The Kier molecular flexibility index (Phi) is 5.01. The second kappa shape index (κ2) is 7.51. The molecule has 2 atom stereocenters. The first-order valence-electron chi connectivity index (χ1n) is 9.76. The number of carbonyl (C=O) groups is 3. The van der Waals surface area contributed by atoms with E-state index in [1.807, 2.05) is 24.3 Å². The number of aryl methyl sites for hydroxylation is 1. The maximum Gasteiger partial charge on any atom is 0.325 e. The molecule has 0 radical (unpaired) electrons. The van der Waals surface area contributed by atoms with Crippen LogP contribution in [-0.2, 0) is 21.5 Å². The van der Waals surface area contributed by atoms with Crippen molar-refractivity contribution in [3.05, 3.63) is 70.8 Å². The zero-order chi connectivity index (χ0) is 21.5. The van der Waals surface area contributed by atoms with E-state index in [2.05, 4.69) is 10.6 Å². The van der Waals surface area contributed by atoms with Crippen LogP contribution in [0.1, 0.15) is 42.5 Å². The summed E-state index contributed by atoms with van der Waals surface area (Å²) in [4.78, 5) is 38.6. The van der Waals surface area contributed by atoms with Gasteiger partial charge in [-0.2, -0.15) is 0 Å². The number of halogens is 2. The summed E-state index contributed by atoms with van der Waals surface area (Å²) in [7, 11) is 0. The normalized spacial score (nSPS) is 23.2. The fraction of sp³-hybridized carbons (Fsp3) is 0.318. The van der Waals surface area contributed by atoms with Crippen LogP contribution in [0.25, 0.3) is 0 Å². The zero-order valence-corrected chi connectivity index (χ0v) is 16.4. The molecule has 2 N–H and O–H groups in total. The van der Waals surface area contributed by atoms with Gasteiger partial charge < -0.3 is 10.6 Å². The van der Waals surface area contributed by atoms with Crippen molar-refractivity contribution in [2.45, 2.75) is 37.8 Å². The Morgan fingerprint density at radius 3 is 2.80 bits per heavy atom. The van der Waals surface area contributed by atoms with Gasteiger partial charge in [-0.1, -0.05) is 24.3 Å². The Hall–Kier alpha value is -3.29. The molecule has 0 spiro atoms. The molecule has 2 aromatic rings. The van der Waals surface area contributed by atoms with Crippen molar-refractivity contribution in [2.75, 3.05) is 6.54 Å². The molecular formula is C22H21F2N3O3. The highest BCUT2D eigenvalue weighted by Crippen LogP contribution is 2.32. The summed E-state index contributed by atoms with van der Waals surface area (Å²) in [5.41, 5.74) is 0.116. The van der Waals surface area contributed by atoms with Gasteiger partial charge in [-0.15, -0.1) is 0 Å². The summed E-state index contributed by atoms with van der Waals surface area (Å²) in [6, 6.07) is 9.49. The van der Waals surface area contributed by atoms with Crippen molar-refractivity contribution < 1.29 is 23.2 Å². The maximum atomic E-state index is 14.2. The minimum atomic E-state index is -1.79. The lowest BCUT2D eigenvalue weighted by Gasteiger charge is -2.27. The summed E-state index contributed by atoms with van der Waals surface area (Å²) < 4.78 is 27.9. The van der Waals surface area contributed by atoms with E-state index in [1.165, 1.54) is 6.92 Å². The van der Waals surface area contributed by atoms with Crippen LogP contribution in [0.3, 0.4) is 0 Å². The molecule has 1 aliphatic carbocycles. The smallest absolute Gasteiger partial charge is 0.325 e. The van der Waals surface area contributed by atoms with E-state index in [4.69, 9.17) is 0 Å². The monoisotopic (exact) mass is 413 g/mol. The molecule has 6 nitrogen and oxygen atoms in total. The summed E-state index contributed by atoms with van der Waals surface area (Å²) in [6.07, 6.45) is 2.62. The van der Waals surface area contributed by atoms with E-state index in [0.29, 0.717) is 0 Å². The lowest BCUT2D eigenvalue weighted by atomic mass is 9.88. The molecule has 156 valence electrons. The Labute approximate surface area is 172 Å². The number of benzene rings is 2. The second-order valence-corrected chi connectivity index (χ2v) is 7.78. The van der Waals surface area contributed by atoms with E-state index < -0.39 is 41.6 Å². The van der Waals surface area contributed by atoms with Gasteiger partial charge >= 0.3 is 6.03 Å². The Morgan fingerprint density at radius 2 is 2.00 bits per heavy atom. The predicted octanol–water partition coefficient (Wildman–Crippen LogP) is 2.93. The first kappa shape index (κ1) is 20.0. The molecule has 1 fully saturated rings. The molecule has 0 saturated carbocycles. The average molecular weight is 413 g/mol. The van der Waals surface area contributed by atoms with Crippen LogP contribution < -0.4 is 10.6 Å². The number of hydrogen-bond acceptors (Lipinski definition) is 3. The molecule has 2 aliphatic rings. The number of fused-ring (bicyclic) bond motifs is 1. The van der Waals surface area contributed by atoms with Gasteiger partial charge in [-0.25, -0.2) is 13.6 Å². The van der Waals surface area contributed by atoms with Crippen LogP contribution in [0.15, 0.2) is 42.5 Å². The predicted molar refractivity (Wildman–Crippen MR) is 104 cm³/mol. The molecule has 2 aromatic carbocycles. The largest absolute Gasteiger partial charge is 0.348 e. The Morgan fingerprint density at radius 1 is 1.23 bits per heavy atom. The molecule has 4 rings (SSSR count). The number of carbonyl (C=O) groups excluding carboxylic acids is 3. The standard InChI is InChI=1S/C22H21F2N3O3/c1-22(16-11-14(23)9-10-17(16)24)20(29)27(21(30)26-22)12-19(28)25-18-8-4-6-13-5-2-3-7-15(13)18/h2-3,5,7,9-11,18H,4,6,8,12H2,1H3,(H,25,28)(H,26,30). The number of hydrogen-bond donors (Lipinski definition) is 2. The molecule has 1 heterocycles. The SMILES string of the molecule is CC1(c2cc(F)ccc2F)NC(=O)N(CC(=O)NC2CCCc3ccccc32)C1=O. The van der Waals surface area contributed by atoms with E-state index in [1.54, 1.807) is 0 Å². The average Bonchev–Trinajstić information content (AvgIpc) is 2.94. The van der Waals surface area contributed by atoms with Gasteiger partial charge in [-0.05, 0) is 55.5 Å². The van der Waals surface area contributed by atoms with E-state index in [-0.39, 0.29) is 11.6 Å². The molecule has 0 aromatic heterocycles. The molecule has 8 heteroatoms. The molecular weight excluding hydrogens is 392 g/mol. The van der Waals surface area contributed by atoms with Crippen molar-refractivity contribution in [1.82, 2.24) is 15.5 Å². The third-order valence-electron chi connectivity index (χ3n) is 5.75.